The minimum atomic E-state index is -0.638. The molecule has 0 aliphatic rings. The molecule has 2 amide bonds. The predicted octanol–water partition coefficient (Wildman–Crippen LogP) is 0.168. The van der Waals surface area contributed by atoms with Crippen LogP contribution in [-0.4, -0.2) is 34.4 Å². The predicted molar refractivity (Wildman–Crippen MR) is 71.5 cm³/mol. The Morgan fingerprint density at radius 2 is 2.11 bits per heavy atom. The Bertz CT molecular complexity index is 466. The maximum Gasteiger partial charge on any atom is 0.244 e. The summed E-state index contributed by atoms with van der Waals surface area (Å²) in [5.41, 5.74) is 5.64. The van der Waals surface area contributed by atoms with Crippen LogP contribution in [0.2, 0.25) is 5.15 Å². The number of rotatable bonds is 5. The number of nitrogens with zero attached hydrogens (tertiary/aromatic N) is 2. The van der Waals surface area contributed by atoms with Crippen LogP contribution in [0.5, 0.6) is 0 Å². The quantitative estimate of drug-likeness (QED) is 0.668. The first-order valence-electron chi connectivity index (χ1n) is 5.71. The molecule has 19 heavy (non-hydrogen) atoms. The third-order valence-electron chi connectivity index (χ3n) is 2.35. The van der Waals surface area contributed by atoms with E-state index >= 15 is 0 Å². The molecule has 4 N–H and O–H groups in total. The fraction of sp³-hybridized carbons (Fsp3) is 0.455. The second kappa shape index (κ2) is 7.01. The number of anilines is 1. The molecule has 8 heteroatoms. The molecule has 104 valence electrons. The van der Waals surface area contributed by atoms with Gasteiger partial charge >= 0.3 is 0 Å². The van der Waals surface area contributed by atoms with Crippen molar-refractivity contribution in [1.29, 1.82) is 0 Å². The summed E-state index contributed by atoms with van der Waals surface area (Å²) in [5.74, 6) is -0.513. The maximum atomic E-state index is 11.6. The number of halogens is 1. The molecule has 0 aromatic carbocycles. The molecule has 0 bridgehead atoms. The summed E-state index contributed by atoms with van der Waals surface area (Å²) in [7, 11) is 0. The minimum absolute atomic E-state index is 0.00346. The number of hydrogen-bond acceptors (Lipinski definition) is 5. The molecule has 0 fully saturated rings. The Morgan fingerprint density at radius 1 is 1.42 bits per heavy atom. The molecular formula is C11H16ClN5O2. The van der Waals surface area contributed by atoms with Gasteiger partial charge in [-0.3, -0.25) is 9.59 Å². The zero-order chi connectivity index (χ0) is 14.4. The van der Waals surface area contributed by atoms with E-state index in [1.54, 1.807) is 0 Å². The molecule has 1 aromatic heterocycles. The van der Waals surface area contributed by atoms with Gasteiger partial charge < -0.3 is 16.4 Å². The lowest BCUT2D eigenvalue weighted by Crippen LogP contribution is -2.46. The lowest BCUT2D eigenvalue weighted by Gasteiger charge is -2.14. The fourth-order valence-electron chi connectivity index (χ4n) is 1.18. The molecule has 0 radical (unpaired) electrons. The summed E-state index contributed by atoms with van der Waals surface area (Å²) in [6.07, 6.45) is 1.23. The molecule has 1 atom stereocenters. The zero-order valence-electron chi connectivity index (χ0n) is 10.7. The average Bonchev–Trinajstić information content (AvgIpc) is 2.34. The Morgan fingerprint density at radius 3 is 2.68 bits per heavy atom. The van der Waals surface area contributed by atoms with Gasteiger partial charge in [0.25, 0.3) is 0 Å². The number of nitrogens with one attached hydrogen (secondary N) is 2. The van der Waals surface area contributed by atoms with E-state index in [1.165, 1.54) is 12.4 Å². The number of carbonyl (C=O) groups is 2. The van der Waals surface area contributed by atoms with E-state index in [9.17, 15) is 9.59 Å². The Labute approximate surface area is 115 Å². The van der Waals surface area contributed by atoms with Crippen LogP contribution >= 0.6 is 11.6 Å². The van der Waals surface area contributed by atoms with Crippen LogP contribution in [0.25, 0.3) is 0 Å². The Hall–Kier alpha value is -1.73. The average molecular weight is 286 g/mol. The van der Waals surface area contributed by atoms with Crippen molar-refractivity contribution >= 4 is 29.2 Å². The summed E-state index contributed by atoms with van der Waals surface area (Å²) in [6.45, 7) is 3.47. The smallest absolute Gasteiger partial charge is 0.244 e. The summed E-state index contributed by atoms with van der Waals surface area (Å²) in [5, 5.41) is 5.14. The third-order valence-corrected chi connectivity index (χ3v) is 2.55. The van der Waals surface area contributed by atoms with Crippen molar-refractivity contribution in [2.24, 2.45) is 11.7 Å². The van der Waals surface area contributed by atoms with Crippen LogP contribution in [0.4, 0.5) is 5.82 Å². The number of amides is 2. The van der Waals surface area contributed by atoms with Crippen LogP contribution in [0, 0.1) is 5.92 Å². The molecule has 0 spiro atoms. The highest BCUT2D eigenvalue weighted by molar-refractivity contribution is 6.29. The van der Waals surface area contributed by atoms with Gasteiger partial charge in [0.05, 0.1) is 12.6 Å². The third kappa shape index (κ3) is 5.19. The molecule has 0 aliphatic heterocycles. The van der Waals surface area contributed by atoms with Crippen LogP contribution in [0.15, 0.2) is 12.4 Å². The number of aromatic nitrogens is 2. The Balaban J connectivity index is 2.42. The maximum absolute atomic E-state index is 11.6. The monoisotopic (exact) mass is 285 g/mol. The second-order valence-electron chi connectivity index (χ2n) is 4.26. The molecule has 1 aromatic rings. The normalized spacial score (nSPS) is 12.1. The lowest BCUT2D eigenvalue weighted by molar-refractivity contribution is -0.125. The van der Waals surface area contributed by atoms with Gasteiger partial charge in [-0.1, -0.05) is 25.4 Å². The van der Waals surface area contributed by atoms with Crippen molar-refractivity contribution in [2.45, 2.75) is 19.9 Å². The van der Waals surface area contributed by atoms with Crippen molar-refractivity contribution < 1.29 is 9.59 Å². The molecule has 0 aliphatic carbocycles. The van der Waals surface area contributed by atoms with Gasteiger partial charge in [-0.2, -0.15) is 0 Å². The number of hydrogen-bond donors (Lipinski definition) is 3. The van der Waals surface area contributed by atoms with Crippen LogP contribution < -0.4 is 16.4 Å². The Kier molecular flexibility index (Phi) is 5.65. The second-order valence-corrected chi connectivity index (χ2v) is 4.65. The van der Waals surface area contributed by atoms with E-state index in [1.807, 2.05) is 13.8 Å². The first kappa shape index (κ1) is 15.3. The highest BCUT2D eigenvalue weighted by atomic mass is 35.5. The van der Waals surface area contributed by atoms with Gasteiger partial charge in [0, 0.05) is 6.07 Å². The fourth-order valence-corrected chi connectivity index (χ4v) is 1.32. The van der Waals surface area contributed by atoms with E-state index in [0.29, 0.717) is 0 Å². The van der Waals surface area contributed by atoms with Gasteiger partial charge in [-0.15, -0.1) is 0 Å². The van der Waals surface area contributed by atoms with Crippen molar-refractivity contribution in [3.05, 3.63) is 17.5 Å². The molecule has 0 unspecified atom stereocenters. The van der Waals surface area contributed by atoms with Crippen LogP contribution in [0.3, 0.4) is 0 Å². The molecule has 7 nitrogen and oxygen atoms in total. The molecule has 1 heterocycles. The largest absolute Gasteiger partial charge is 0.346 e. The summed E-state index contributed by atoms with van der Waals surface area (Å²) in [4.78, 5) is 30.6. The van der Waals surface area contributed by atoms with Gasteiger partial charge in [-0.25, -0.2) is 9.97 Å². The summed E-state index contributed by atoms with van der Waals surface area (Å²) in [6, 6.07) is 0.766. The highest BCUT2D eigenvalue weighted by Crippen LogP contribution is 2.07. The van der Waals surface area contributed by atoms with Crippen LogP contribution in [0.1, 0.15) is 13.8 Å². The number of nitrogens with two attached hydrogens (primary N) is 1. The number of carbonyl (C=O) groups excluding carboxylic acids is 2. The SMILES string of the molecule is CC(C)[C@H](N)C(=O)NCC(=O)Nc1cc(Cl)ncn1. The summed E-state index contributed by atoms with van der Waals surface area (Å²) >= 11 is 5.64. The van der Waals surface area contributed by atoms with Gasteiger partial charge in [-0.05, 0) is 5.92 Å². The van der Waals surface area contributed by atoms with Crippen LogP contribution in [-0.2, 0) is 9.59 Å². The van der Waals surface area contributed by atoms with E-state index in [4.69, 9.17) is 17.3 Å². The van der Waals surface area contributed by atoms with Crippen molar-refractivity contribution in [3.8, 4) is 0 Å². The first-order chi connectivity index (χ1) is 8.90. The highest BCUT2D eigenvalue weighted by Gasteiger charge is 2.17. The van der Waals surface area contributed by atoms with Gasteiger partial charge in [0.1, 0.15) is 17.3 Å². The topological polar surface area (TPSA) is 110 Å². The van der Waals surface area contributed by atoms with Crippen molar-refractivity contribution in [2.75, 3.05) is 11.9 Å². The van der Waals surface area contributed by atoms with Crippen molar-refractivity contribution in [3.63, 3.8) is 0 Å². The molecule has 1 rings (SSSR count). The van der Waals surface area contributed by atoms with E-state index in [-0.39, 0.29) is 29.3 Å². The van der Waals surface area contributed by atoms with Gasteiger partial charge in [0.15, 0.2) is 0 Å². The van der Waals surface area contributed by atoms with E-state index in [0.717, 1.165) is 0 Å². The van der Waals surface area contributed by atoms with E-state index in [2.05, 4.69) is 20.6 Å². The van der Waals surface area contributed by atoms with E-state index < -0.39 is 11.9 Å². The van der Waals surface area contributed by atoms with Gasteiger partial charge in [0.2, 0.25) is 11.8 Å². The van der Waals surface area contributed by atoms with Crippen molar-refractivity contribution in [1.82, 2.24) is 15.3 Å². The zero-order valence-corrected chi connectivity index (χ0v) is 11.4. The summed E-state index contributed by atoms with van der Waals surface area (Å²) < 4.78 is 0. The molecular weight excluding hydrogens is 270 g/mol. The molecule has 0 saturated carbocycles. The molecule has 0 saturated heterocycles. The standard InChI is InChI=1S/C11H16ClN5O2/c1-6(2)10(13)11(19)14-4-9(18)17-8-3-7(12)15-5-16-8/h3,5-6,10H,4,13H2,1-2H3,(H,14,19)(H,15,16,17,18)/t10-/m0/s1. The lowest BCUT2D eigenvalue weighted by atomic mass is 10.1. The first-order valence-corrected chi connectivity index (χ1v) is 6.08. The minimum Gasteiger partial charge on any atom is -0.346 e.